The first-order valence-corrected chi connectivity index (χ1v) is 13.8. The highest BCUT2D eigenvalue weighted by Gasteiger charge is 2.17. The number of rotatable bonds is 7. The summed E-state index contributed by atoms with van der Waals surface area (Å²) in [6.07, 6.45) is 0. The van der Waals surface area contributed by atoms with Gasteiger partial charge in [-0.2, -0.15) is 11.8 Å². The standard InChI is InChI=1S/C26H28N2O3S2/c1-20-23(18-28-14-16-32-17-15-28)6-5-9-25(20)27-26(29)22-12-10-21(11-13-22)19-33(30,31)24-7-3-2-4-8-24/h2-13H,14-19H2,1H3,(H,27,29). The lowest BCUT2D eigenvalue weighted by molar-refractivity contribution is 0.102. The summed E-state index contributed by atoms with van der Waals surface area (Å²) in [7, 11) is -3.42. The van der Waals surface area contributed by atoms with Crippen molar-refractivity contribution in [3.63, 3.8) is 0 Å². The largest absolute Gasteiger partial charge is 0.322 e. The highest BCUT2D eigenvalue weighted by atomic mass is 32.2. The SMILES string of the molecule is Cc1c(CN2CCSCC2)cccc1NC(=O)c1ccc(CS(=O)(=O)c2ccccc2)cc1. The zero-order chi connectivity index (χ0) is 23.3. The van der Waals surface area contributed by atoms with Crippen LogP contribution in [0, 0.1) is 6.92 Å². The van der Waals surface area contributed by atoms with Gasteiger partial charge in [-0.05, 0) is 53.9 Å². The van der Waals surface area contributed by atoms with Crippen LogP contribution in [-0.2, 0) is 22.1 Å². The summed E-state index contributed by atoms with van der Waals surface area (Å²) in [6, 6.07) is 21.2. The summed E-state index contributed by atoms with van der Waals surface area (Å²) in [6.45, 7) is 5.11. The van der Waals surface area contributed by atoms with Crippen molar-refractivity contribution in [2.45, 2.75) is 24.1 Å². The Morgan fingerprint density at radius 2 is 1.64 bits per heavy atom. The zero-order valence-electron chi connectivity index (χ0n) is 18.7. The minimum absolute atomic E-state index is 0.102. The van der Waals surface area contributed by atoms with Gasteiger partial charge in [-0.15, -0.1) is 0 Å². The van der Waals surface area contributed by atoms with E-state index < -0.39 is 9.84 Å². The van der Waals surface area contributed by atoms with Gasteiger partial charge in [0.15, 0.2) is 9.84 Å². The maximum Gasteiger partial charge on any atom is 0.255 e. The van der Waals surface area contributed by atoms with Crippen molar-refractivity contribution in [3.05, 3.63) is 95.1 Å². The molecule has 1 aliphatic heterocycles. The summed E-state index contributed by atoms with van der Waals surface area (Å²) in [5.41, 5.74) is 4.25. The molecule has 0 radical (unpaired) electrons. The molecule has 0 spiro atoms. The Labute approximate surface area is 200 Å². The molecule has 7 heteroatoms. The lowest BCUT2D eigenvalue weighted by atomic mass is 10.1. The van der Waals surface area contributed by atoms with Crippen LogP contribution in [-0.4, -0.2) is 43.8 Å². The maximum absolute atomic E-state index is 12.8. The molecule has 4 rings (SSSR count). The number of anilines is 1. The number of benzene rings is 3. The van der Waals surface area contributed by atoms with Crippen LogP contribution >= 0.6 is 11.8 Å². The minimum atomic E-state index is -3.42. The molecule has 1 aliphatic rings. The van der Waals surface area contributed by atoms with Crippen LogP contribution in [0.4, 0.5) is 5.69 Å². The number of nitrogens with zero attached hydrogens (tertiary/aromatic N) is 1. The molecule has 1 N–H and O–H groups in total. The molecule has 0 unspecified atom stereocenters. The fourth-order valence-corrected chi connectivity index (χ4v) is 6.22. The number of thioether (sulfide) groups is 1. The van der Waals surface area contributed by atoms with Crippen LogP contribution in [0.3, 0.4) is 0 Å². The van der Waals surface area contributed by atoms with Crippen LogP contribution < -0.4 is 5.32 Å². The molecule has 33 heavy (non-hydrogen) atoms. The zero-order valence-corrected chi connectivity index (χ0v) is 20.3. The second-order valence-corrected chi connectivity index (χ2v) is 11.4. The smallest absolute Gasteiger partial charge is 0.255 e. The van der Waals surface area contributed by atoms with E-state index in [4.69, 9.17) is 0 Å². The monoisotopic (exact) mass is 480 g/mol. The van der Waals surface area contributed by atoms with E-state index in [1.165, 1.54) is 5.56 Å². The van der Waals surface area contributed by atoms with Crippen LogP contribution in [0.25, 0.3) is 0 Å². The molecule has 1 saturated heterocycles. The molecule has 5 nitrogen and oxygen atoms in total. The molecule has 172 valence electrons. The van der Waals surface area contributed by atoms with Gasteiger partial charge in [-0.25, -0.2) is 8.42 Å². The van der Waals surface area contributed by atoms with Crippen molar-refractivity contribution in [1.82, 2.24) is 4.90 Å². The molecular formula is C26H28N2O3S2. The number of nitrogens with one attached hydrogen (secondary N) is 1. The van der Waals surface area contributed by atoms with Crippen molar-refractivity contribution in [3.8, 4) is 0 Å². The highest BCUT2D eigenvalue weighted by molar-refractivity contribution is 7.99. The topological polar surface area (TPSA) is 66.5 Å². The molecule has 3 aromatic carbocycles. The Balaban J connectivity index is 1.42. The Kier molecular flexibility index (Phi) is 7.53. The Bertz CT molecular complexity index is 1200. The normalized spacial score (nSPS) is 14.7. The minimum Gasteiger partial charge on any atom is -0.322 e. The van der Waals surface area contributed by atoms with E-state index in [2.05, 4.69) is 16.3 Å². The number of amides is 1. The van der Waals surface area contributed by atoms with Crippen molar-refractivity contribution in [2.24, 2.45) is 0 Å². The predicted octanol–water partition coefficient (Wildman–Crippen LogP) is 4.77. The average molecular weight is 481 g/mol. The molecule has 1 heterocycles. The lowest BCUT2D eigenvalue weighted by Crippen LogP contribution is -2.32. The van der Waals surface area contributed by atoms with E-state index in [0.29, 0.717) is 16.0 Å². The van der Waals surface area contributed by atoms with E-state index in [0.717, 1.165) is 42.4 Å². The number of carbonyl (C=O) groups excluding carboxylic acids is 1. The van der Waals surface area contributed by atoms with Crippen LogP contribution in [0.15, 0.2) is 77.7 Å². The molecular weight excluding hydrogens is 452 g/mol. The van der Waals surface area contributed by atoms with Gasteiger partial charge in [0, 0.05) is 42.4 Å². The Morgan fingerprint density at radius 3 is 2.33 bits per heavy atom. The van der Waals surface area contributed by atoms with Crippen LogP contribution in [0.1, 0.15) is 27.0 Å². The summed E-state index contributed by atoms with van der Waals surface area (Å²) in [5.74, 6) is 2.02. The second kappa shape index (κ2) is 10.5. The van der Waals surface area contributed by atoms with Gasteiger partial charge < -0.3 is 5.32 Å². The van der Waals surface area contributed by atoms with Crippen LogP contribution in [0.2, 0.25) is 0 Å². The third-order valence-corrected chi connectivity index (χ3v) is 8.51. The summed E-state index contributed by atoms with van der Waals surface area (Å²) in [4.78, 5) is 15.6. The van der Waals surface area contributed by atoms with Gasteiger partial charge in [-0.1, -0.05) is 42.5 Å². The van der Waals surface area contributed by atoms with E-state index in [1.54, 1.807) is 54.6 Å². The number of hydrogen-bond donors (Lipinski definition) is 1. The molecule has 0 aliphatic carbocycles. The number of carbonyl (C=O) groups is 1. The van der Waals surface area contributed by atoms with Gasteiger partial charge >= 0.3 is 0 Å². The Morgan fingerprint density at radius 1 is 0.939 bits per heavy atom. The first-order chi connectivity index (χ1) is 15.9. The molecule has 1 fully saturated rings. The Hall–Kier alpha value is -2.61. The van der Waals surface area contributed by atoms with Crippen molar-refractivity contribution in [1.29, 1.82) is 0 Å². The maximum atomic E-state index is 12.8. The lowest BCUT2D eigenvalue weighted by Gasteiger charge is -2.27. The fraction of sp³-hybridized carbons (Fsp3) is 0.269. The number of hydrogen-bond acceptors (Lipinski definition) is 5. The van der Waals surface area contributed by atoms with Crippen molar-refractivity contribution < 1.29 is 13.2 Å². The van der Waals surface area contributed by atoms with Gasteiger partial charge in [0.25, 0.3) is 5.91 Å². The van der Waals surface area contributed by atoms with E-state index in [9.17, 15) is 13.2 Å². The number of sulfone groups is 1. The van der Waals surface area contributed by atoms with E-state index in [1.807, 2.05) is 30.8 Å². The second-order valence-electron chi connectivity index (χ2n) is 8.20. The van der Waals surface area contributed by atoms with Crippen LogP contribution in [0.5, 0.6) is 0 Å². The van der Waals surface area contributed by atoms with Gasteiger partial charge in [-0.3, -0.25) is 9.69 Å². The van der Waals surface area contributed by atoms with Gasteiger partial charge in [0.1, 0.15) is 0 Å². The van der Waals surface area contributed by atoms with Gasteiger partial charge in [0.05, 0.1) is 10.6 Å². The molecule has 1 amide bonds. The summed E-state index contributed by atoms with van der Waals surface area (Å²) >= 11 is 1.99. The molecule has 3 aromatic rings. The fourth-order valence-electron chi connectivity index (χ4n) is 3.87. The third kappa shape index (κ3) is 6.05. The molecule has 0 atom stereocenters. The molecule has 0 bridgehead atoms. The summed E-state index contributed by atoms with van der Waals surface area (Å²) < 4.78 is 25.2. The average Bonchev–Trinajstić information content (AvgIpc) is 2.83. The first-order valence-electron chi connectivity index (χ1n) is 11.0. The predicted molar refractivity (Wildman–Crippen MR) is 136 cm³/mol. The first kappa shape index (κ1) is 23.5. The van der Waals surface area contributed by atoms with E-state index in [-0.39, 0.29) is 11.7 Å². The molecule has 0 saturated carbocycles. The van der Waals surface area contributed by atoms with Crippen molar-refractivity contribution in [2.75, 3.05) is 29.9 Å². The van der Waals surface area contributed by atoms with Gasteiger partial charge in [0.2, 0.25) is 0 Å². The van der Waals surface area contributed by atoms with Crippen molar-refractivity contribution >= 4 is 33.2 Å². The van der Waals surface area contributed by atoms with E-state index >= 15 is 0 Å². The molecule has 0 aromatic heterocycles. The highest BCUT2D eigenvalue weighted by Crippen LogP contribution is 2.23. The third-order valence-electron chi connectivity index (χ3n) is 5.87. The summed E-state index contributed by atoms with van der Waals surface area (Å²) in [5, 5.41) is 3.02. The quantitative estimate of drug-likeness (QED) is 0.528.